The van der Waals surface area contributed by atoms with Crippen LogP contribution in [-0.4, -0.2) is 17.4 Å². The van der Waals surface area contributed by atoms with Gasteiger partial charge in [-0.2, -0.15) is 0 Å². The molecule has 1 atom stereocenters. The van der Waals surface area contributed by atoms with Crippen LogP contribution in [0.25, 0.3) is 0 Å². The summed E-state index contributed by atoms with van der Waals surface area (Å²) in [6.45, 7) is 1.85. The number of benzene rings is 1. The highest BCUT2D eigenvalue weighted by Crippen LogP contribution is 2.28. The van der Waals surface area contributed by atoms with Crippen LogP contribution in [0.1, 0.15) is 12.5 Å². The predicted octanol–water partition coefficient (Wildman–Crippen LogP) is 1.19. The van der Waals surface area contributed by atoms with E-state index in [0.29, 0.717) is 5.71 Å². The van der Waals surface area contributed by atoms with Gasteiger partial charge in [0.2, 0.25) is 0 Å². The van der Waals surface area contributed by atoms with E-state index in [-0.39, 0.29) is 6.61 Å². The Bertz CT molecular complexity index is 423. The van der Waals surface area contributed by atoms with Gasteiger partial charge in [-0.05, 0) is 24.1 Å². The zero-order valence-electron chi connectivity index (χ0n) is 8.64. The van der Waals surface area contributed by atoms with Crippen LogP contribution in [0.4, 0.5) is 0 Å². The van der Waals surface area contributed by atoms with Gasteiger partial charge in [0.1, 0.15) is 0 Å². The fourth-order valence-electron chi connectivity index (χ4n) is 1.77. The van der Waals surface area contributed by atoms with E-state index in [0.717, 1.165) is 11.1 Å². The summed E-state index contributed by atoms with van der Waals surface area (Å²) in [5.74, 6) is 0. The molecule has 1 aromatic carbocycles. The van der Waals surface area contributed by atoms with Gasteiger partial charge in [0.05, 0.1) is 12.3 Å². The average molecular weight is 202 g/mol. The maximum atomic E-state index is 9.09. The smallest absolute Gasteiger partial charge is 0.153 e. The van der Waals surface area contributed by atoms with Crippen molar-refractivity contribution < 1.29 is 5.11 Å². The topological polar surface area (TPSA) is 58.6 Å². The summed E-state index contributed by atoms with van der Waals surface area (Å²) in [4.78, 5) is 4.34. The summed E-state index contributed by atoms with van der Waals surface area (Å²) in [7, 11) is 0. The van der Waals surface area contributed by atoms with Gasteiger partial charge in [-0.3, -0.25) is 4.99 Å². The van der Waals surface area contributed by atoms with Crippen LogP contribution >= 0.6 is 0 Å². The third kappa shape index (κ3) is 1.71. The van der Waals surface area contributed by atoms with Crippen molar-refractivity contribution in [3.8, 4) is 0 Å². The van der Waals surface area contributed by atoms with Crippen LogP contribution in [0.15, 0.2) is 47.0 Å². The van der Waals surface area contributed by atoms with Gasteiger partial charge in [0.25, 0.3) is 0 Å². The molecule has 1 aromatic rings. The van der Waals surface area contributed by atoms with E-state index in [1.165, 1.54) is 0 Å². The van der Waals surface area contributed by atoms with Gasteiger partial charge in [-0.15, -0.1) is 0 Å². The van der Waals surface area contributed by atoms with E-state index in [9.17, 15) is 0 Å². The minimum absolute atomic E-state index is 0.0614. The molecule has 0 bridgehead atoms. The number of aliphatic hydroxyl groups excluding tert-OH is 1. The second-order valence-corrected chi connectivity index (χ2v) is 3.74. The number of nitrogens with two attached hydrogens (primary N) is 1. The Balaban J connectivity index is 2.43. The quantitative estimate of drug-likeness (QED) is 0.756. The molecule has 0 amide bonds. The first-order chi connectivity index (χ1) is 7.15. The van der Waals surface area contributed by atoms with Gasteiger partial charge in [-0.1, -0.05) is 30.3 Å². The molecule has 1 aliphatic rings. The van der Waals surface area contributed by atoms with Gasteiger partial charge in [0, 0.05) is 0 Å². The molecule has 1 unspecified atom stereocenters. The van der Waals surface area contributed by atoms with E-state index in [2.05, 4.69) is 4.99 Å². The lowest BCUT2D eigenvalue weighted by Crippen LogP contribution is -2.30. The van der Waals surface area contributed by atoms with Gasteiger partial charge >= 0.3 is 0 Å². The van der Waals surface area contributed by atoms with Crippen molar-refractivity contribution in [1.29, 1.82) is 0 Å². The first kappa shape index (κ1) is 10.1. The lowest BCUT2D eigenvalue weighted by atomic mass is 10.0. The van der Waals surface area contributed by atoms with Crippen LogP contribution in [-0.2, 0) is 5.66 Å². The first-order valence-corrected chi connectivity index (χ1v) is 4.89. The Labute approximate surface area is 89.0 Å². The van der Waals surface area contributed by atoms with Crippen LogP contribution in [0.3, 0.4) is 0 Å². The van der Waals surface area contributed by atoms with Crippen molar-refractivity contribution >= 4 is 5.71 Å². The minimum atomic E-state index is -0.802. The van der Waals surface area contributed by atoms with Crippen LogP contribution < -0.4 is 5.73 Å². The van der Waals surface area contributed by atoms with Crippen molar-refractivity contribution in [2.75, 3.05) is 6.61 Å². The summed E-state index contributed by atoms with van der Waals surface area (Å²) >= 11 is 0. The first-order valence-electron chi connectivity index (χ1n) is 4.89. The molecular formula is C12H14N2O. The Morgan fingerprint density at radius 1 is 1.33 bits per heavy atom. The number of hydrogen-bond acceptors (Lipinski definition) is 3. The molecule has 78 valence electrons. The molecule has 0 aliphatic carbocycles. The van der Waals surface area contributed by atoms with E-state index in [1.54, 1.807) is 0 Å². The number of aliphatic imine (C=N–C) groups is 1. The SMILES string of the molecule is CC1=CC(N)(c2ccccc2)N=C1CO. The molecule has 0 radical (unpaired) electrons. The Morgan fingerprint density at radius 2 is 2.00 bits per heavy atom. The molecule has 3 N–H and O–H groups in total. The minimum Gasteiger partial charge on any atom is -0.390 e. The molecule has 1 heterocycles. The zero-order chi connectivity index (χ0) is 10.9. The van der Waals surface area contributed by atoms with E-state index in [1.807, 2.05) is 43.3 Å². The maximum Gasteiger partial charge on any atom is 0.153 e. The summed E-state index contributed by atoms with van der Waals surface area (Å²) < 4.78 is 0. The zero-order valence-corrected chi connectivity index (χ0v) is 8.64. The molecule has 3 heteroatoms. The fraction of sp³-hybridized carbons (Fsp3) is 0.250. The Kier molecular flexibility index (Phi) is 2.42. The molecule has 15 heavy (non-hydrogen) atoms. The second-order valence-electron chi connectivity index (χ2n) is 3.74. The molecule has 0 saturated heterocycles. The normalized spacial score (nSPS) is 25.0. The maximum absolute atomic E-state index is 9.09. The third-order valence-electron chi connectivity index (χ3n) is 2.60. The highest BCUT2D eigenvalue weighted by atomic mass is 16.3. The highest BCUT2D eigenvalue weighted by molar-refractivity contribution is 6.03. The predicted molar refractivity (Wildman–Crippen MR) is 60.6 cm³/mol. The molecule has 2 rings (SSSR count). The lowest BCUT2D eigenvalue weighted by Gasteiger charge is -2.18. The van der Waals surface area contributed by atoms with Crippen molar-refractivity contribution in [1.82, 2.24) is 0 Å². The number of rotatable bonds is 2. The molecule has 0 fully saturated rings. The van der Waals surface area contributed by atoms with E-state index >= 15 is 0 Å². The van der Waals surface area contributed by atoms with E-state index in [4.69, 9.17) is 10.8 Å². The van der Waals surface area contributed by atoms with Crippen molar-refractivity contribution in [3.05, 3.63) is 47.5 Å². The highest BCUT2D eigenvalue weighted by Gasteiger charge is 2.29. The fourth-order valence-corrected chi connectivity index (χ4v) is 1.77. The largest absolute Gasteiger partial charge is 0.390 e. The van der Waals surface area contributed by atoms with Gasteiger partial charge < -0.3 is 10.8 Å². The number of aliphatic hydroxyl groups is 1. The molecular weight excluding hydrogens is 188 g/mol. The second kappa shape index (κ2) is 3.61. The van der Waals surface area contributed by atoms with Crippen molar-refractivity contribution in [3.63, 3.8) is 0 Å². The summed E-state index contributed by atoms with van der Waals surface area (Å²) in [6, 6.07) is 9.68. The Morgan fingerprint density at radius 3 is 2.53 bits per heavy atom. The Hall–Kier alpha value is -1.45. The average Bonchev–Trinajstić information content (AvgIpc) is 2.56. The lowest BCUT2D eigenvalue weighted by molar-refractivity contribution is 0.356. The standard InChI is InChI=1S/C12H14N2O/c1-9-7-12(13,14-11(9)8-15)10-5-3-2-4-6-10/h2-7,15H,8,13H2,1H3. The van der Waals surface area contributed by atoms with Crippen LogP contribution in [0, 0.1) is 0 Å². The van der Waals surface area contributed by atoms with E-state index < -0.39 is 5.66 Å². The molecule has 0 saturated carbocycles. The molecule has 1 aliphatic heterocycles. The van der Waals surface area contributed by atoms with Gasteiger partial charge in [0.15, 0.2) is 5.66 Å². The third-order valence-corrected chi connectivity index (χ3v) is 2.60. The number of hydrogen-bond donors (Lipinski definition) is 2. The number of nitrogens with zero attached hydrogens (tertiary/aromatic N) is 1. The van der Waals surface area contributed by atoms with Crippen molar-refractivity contribution in [2.24, 2.45) is 10.7 Å². The molecule has 0 aromatic heterocycles. The summed E-state index contributed by atoms with van der Waals surface area (Å²) in [6.07, 6.45) is 1.88. The molecule has 0 spiro atoms. The van der Waals surface area contributed by atoms with Crippen LogP contribution in [0.2, 0.25) is 0 Å². The summed E-state index contributed by atoms with van der Waals surface area (Å²) in [5, 5.41) is 9.09. The summed E-state index contributed by atoms with van der Waals surface area (Å²) in [5.41, 5.74) is 7.91. The van der Waals surface area contributed by atoms with Crippen molar-refractivity contribution in [2.45, 2.75) is 12.6 Å². The monoisotopic (exact) mass is 202 g/mol. The van der Waals surface area contributed by atoms with Crippen LogP contribution in [0.5, 0.6) is 0 Å². The van der Waals surface area contributed by atoms with Gasteiger partial charge in [-0.25, -0.2) is 0 Å². The molecule has 3 nitrogen and oxygen atoms in total.